The molecule has 0 aliphatic carbocycles. The van der Waals surface area contributed by atoms with Crippen molar-refractivity contribution in [2.24, 2.45) is 0 Å². The highest BCUT2D eigenvalue weighted by atomic mass is 19.1. The lowest BCUT2D eigenvalue weighted by atomic mass is 9.77. The Morgan fingerprint density at radius 2 is 1.80 bits per heavy atom. The summed E-state index contributed by atoms with van der Waals surface area (Å²) >= 11 is 0. The lowest BCUT2D eigenvalue weighted by molar-refractivity contribution is 0.00578. The molecule has 3 nitrogen and oxygen atoms in total. The maximum atomic E-state index is 14.5. The van der Waals surface area contributed by atoms with Crippen molar-refractivity contribution in [1.82, 2.24) is 0 Å². The summed E-state index contributed by atoms with van der Waals surface area (Å²) in [7, 11) is -0.706. The molecule has 1 aliphatic rings. The van der Waals surface area contributed by atoms with Crippen LogP contribution in [0, 0.1) is 17.1 Å². The van der Waals surface area contributed by atoms with Gasteiger partial charge in [0.05, 0.1) is 17.3 Å². The topological polar surface area (TPSA) is 42.2 Å². The Labute approximate surface area is 119 Å². The zero-order chi connectivity index (χ0) is 15.0. The lowest BCUT2D eigenvalue weighted by Gasteiger charge is -2.32. The highest BCUT2D eigenvalue weighted by molar-refractivity contribution is 6.62. The molecule has 0 amide bonds. The first-order valence-corrected chi connectivity index (χ1v) is 6.78. The van der Waals surface area contributed by atoms with Crippen LogP contribution in [0.15, 0.2) is 18.2 Å². The van der Waals surface area contributed by atoms with E-state index >= 15 is 0 Å². The molecule has 1 heterocycles. The molecule has 20 heavy (non-hydrogen) atoms. The normalized spacial score (nSPS) is 19.9. The Kier molecular flexibility index (Phi) is 3.90. The number of benzene rings is 1. The van der Waals surface area contributed by atoms with E-state index in [-0.39, 0.29) is 5.82 Å². The molecule has 1 saturated heterocycles. The standard InChI is InChI=1S/C15H19BFNO2/c1-14(2)15(3,4)20-16(19-14)12-9-5-7-11(13(12)17)8-6-10-18/h5,7,9H,6,8H2,1-4H3. The number of aryl methyl sites for hydroxylation is 1. The van der Waals surface area contributed by atoms with E-state index in [2.05, 4.69) is 0 Å². The van der Waals surface area contributed by atoms with Gasteiger partial charge in [-0.3, -0.25) is 0 Å². The fourth-order valence-corrected chi connectivity index (χ4v) is 2.14. The Balaban J connectivity index is 2.29. The summed E-state index contributed by atoms with van der Waals surface area (Å²) in [6.45, 7) is 7.74. The molecular weight excluding hydrogens is 256 g/mol. The summed E-state index contributed by atoms with van der Waals surface area (Å²) in [5.74, 6) is -0.332. The van der Waals surface area contributed by atoms with Crippen molar-refractivity contribution in [3.63, 3.8) is 0 Å². The van der Waals surface area contributed by atoms with Gasteiger partial charge in [-0.25, -0.2) is 4.39 Å². The molecule has 0 unspecified atom stereocenters. The highest BCUT2D eigenvalue weighted by Crippen LogP contribution is 2.36. The van der Waals surface area contributed by atoms with Gasteiger partial charge in [0.2, 0.25) is 0 Å². The summed E-state index contributed by atoms with van der Waals surface area (Å²) in [5, 5.41) is 8.61. The monoisotopic (exact) mass is 275 g/mol. The minimum Gasteiger partial charge on any atom is -0.399 e. The predicted molar refractivity (Wildman–Crippen MR) is 76.1 cm³/mol. The fourth-order valence-electron chi connectivity index (χ4n) is 2.14. The van der Waals surface area contributed by atoms with Gasteiger partial charge in [0.15, 0.2) is 0 Å². The van der Waals surface area contributed by atoms with E-state index in [1.165, 1.54) is 0 Å². The molecule has 1 aliphatic heterocycles. The van der Waals surface area contributed by atoms with Crippen LogP contribution in [0.1, 0.15) is 39.7 Å². The van der Waals surface area contributed by atoms with Gasteiger partial charge in [0.25, 0.3) is 0 Å². The Bertz CT molecular complexity index is 535. The molecule has 1 fully saturated rings. The van der Waals surface area contributed by atoms with Crippen molar-refractivity contribution < 1.29 is 13.7 Å². The van der Waals surface area contributed by atoms with E-state index < -0.39 is 18.3 Å². The highest BCUT2D eigenvalue weighted by Gasteiger charge is 2.52. The van der Waals surface area contributed by atoms with Crippen LogP contribution in [0.5, 0.6) is 0 Å². The molecule has 0 spiro atoms. The van der Waals surface area contributed by atoms with E-state index in [1.54, 1.807) is 18.2 Å². The summed E-state index contributed by atoms with van der Waals surface area (Å²) in [6.07, 6.45) is 0.694. The number of hydrogen-bond acceptors (Lipinski definition) is 3. The molecule has 0 N–H and O–H groups in total. The molecule has 106 valence electrons. The quantitative estimate of drug-likeness (QED) is 0.796. The van der Waals surface area contributed by atoms with Crippen LogP contribution in [-0.2, 0) is 15.7 Å². The van der Waals surface area contributed by atoms with Crippen molar-refractivity contribution in [3.8, 4) is 6.07 Å². The zero-order valence-electron chi connectivity index (χ0n) is 12.4. The second-order valence-corrected chi connectivity index (χ2v) is 6.07. The van der Waals surface area contributed by atoms with E-state index in [1.807, 2.05) is 33.8 Å². The average Bonchev–Trinajstić information content (AvgIpc) is 2.57. The molecule has 1 aromatic carbocycles. The molecule has 0 atom stereocenters. The summed E-state index contributed by atoms with van der Waals surface area (Å²) in [5.41, 5.74) is -0.0580. The first-order chi connectivity index (χ1) is 9.28. The first kappa shape index (κ1) is 15.0. The van der Waals surface area contributed by atoms with Gasteiger partial charge in [-0.2, -0.15) is 5.26 Å². The third-order valence-electron chi connectivity index (χ3n) is 4.12. The molecule has 0 aromatic heterocycles. The van der Waals surface area contributed by atoms with Crippen LogP contribution in [0.4, 0.5) is 4.39 Å². The minimum atomic E-state index is -0.706. The number of nitrogens with zero attached hydrogens (tertiary/aromatic N) is 1. The van der Waals surface area contributed by atoms with Crippen LogP contribution in [0.25, 0.3) is 0 Å². The molecule has 0 bridgehead atoms. The van der Waals surface area contributed by atoms with E-state index in [4.69, 9.17) is 14.6 Å². The third-order valence-corrected chi connectivity index (χ3v) is 4.12. The maximum absolute atomic E-state index is 14.5. The number of nitriles is 1. The van der Waals surface area contributed by atoms with E-state index in [9.17, 15) is 4.39 Å². The van der Waals surface area contributed by atoms with Crippen molar-refractivity contribution in [1.29, 1.82) is 5.26 Å². The molecule has 5 heteroatoms. The Hall–Kier alpha value is -1.38. The second-order valence-electron chi connectivity index (χ2n) is 6.07. The zero-order valence-corrected chi connectivity index (χ0v) is 12.4. The predicted octanol–water partition coefficient (Wildman–Crippen LogP) is 2.58. The van der Waals surface area contributed by atoms with Crippen LogP contribution in [0.2, 0.25) is 0 Å². The first-order valence-electron chi connectivity index (χ1n) is 6.78. The number of halogens is 1. The van der Waals surface area contributed by atoms with Gasteiger partial charge >= 0.3 is 7.12 Å². The Morgan fingerprint density at radius 3 is 2.35 bits per heavy atom. The van der Waals surface area contributed by atoms with Gasteiger partial charge in [-0.15, -0.1) is 0 Å². The van der Waals surface area contributed by atoms with Crippen molar-refractivity contribution in [2.45, 2.75) is 51.7 Å². The average molecular weight is 275 g/mol. The SMILES string of the molecule is CC1(C)OB(c2cccc(CCC#N)c2F)OC1(C)C. The van der Waals surface area contributed by atoms with Gasteiger partial charge in [-0.05, 0) is 39.7 Å². The fraction of sp³-hybridized carbons (Fsp3) is 0.533. The van der Waals surface area contributed by atoms with Crippen LogP contribution < -0.4 is 5.46 Å². The lowest BCUT2D eigenvalue weighted by Crippen LogP contribution is -2.41. The van der Waals surface area contributed by atoms with Crippen LogP contribution >= 0.6 is 0 Å². The van der Waals surface area contributed by atoms with Gasteiger partial charge in [0, 0.05) is 11.9 Å². The Morgan fingerprint density at radius 1 is 1.20 bits per heavy atom. The van der Waals surface area contributed by atoms with Gasteiger partial charge in [0.1, 0.15) is 5.82 Å². The van der Waals surface area contributed by atoms with Crippen molar-refractivity contribution in [3.05, 3.63) is 29.6 Å². The van der Waals surface area contributed by atoms with Crippen LogP contribution in [-0.4, -0.2) is 18.3 Å². The minimum absolute atomic E-state index is 0.295. The number of hydrogen-bond donors (Lipinski definition) is 0. The molecule has 1 aromatic rings. The summed E-state index contributed by atoms with van der Waals surface area (Å²) in [6, 6.07) is 7.17. The van der Waals surface area contributed by atoms with Gasteiger partial charge in [-0.1, -0.05) is 18.2 Å². The third kappa shape index (κ3) is 2.58. The van der Waals surface area contributed by atoms with E-state index in [0.717, 1.165) is 0 Å². The van der Waals surface area contributed by atoms with Gasteiger partial charge < -0.3 is 9.31 Å². The van der Waals surface area contributed by atoms with Crippen molar-refractivity contribution in [2.75, 3.05) is 0 Å². The number of rotatable bonds is 3. The molecule has 0 saturated carbocycles. The van der Waals surface area contributed by atoms with Crippen molar-refractivity contribution >= 4 is 12.6 Å². The largest absolute Gasteiger partial charge is 0.497 e. The summed E-state index contributed by atoms with van der Waals surface area (Å²) in [4.78, 5) is 0. The maximum Gasteiger partial charge on any atom is 0.497 e. The summed E-state index contributed by atoms with van der Waals surface area (Å²) < 4.78 is 26.2. The molecular formula is C15H19BFNO2. The van der Waals surface area contributed by atoms with Crippen LogP contribution in [0.3, 0.4) is 0 Å². The molecule has 2 rings (SSSR count). The second kappa shape index (κ2) is 5.19. The smallest absolute Gasteiger partial charge is 0.399 e. The van der Waals surface area contributed by atoms with E-state index in [0.29, 0.717) is 23.9 Å². The molecule has 0 radical (unpaired) electrons.